The molecule has 7 heteroatoms. The normalized spacial score (nSPS) is 16.1. The molecule has 1 amide bonds. The summed E-state index contributed by atoms with van der Waals surface area (Å²) in [5.41, 5.74) is 4.94. The number of methoxy groups -OCH3 is 1. The van der Waals surface area contributed by atoms with Crippen LogP contribution < -0.4 is 4.72 Å². The van der Waals surface area contributed by atoms with E-state index in [0.29, 0.717) is 23.7 Å². The highest BCUT2D eigenvalue weighted by atomic mass is 32.2. The number of sulfonamides is 1. The Morgan fingerprint density at radius 1 is 0.964 bits per heavy atom. The van der Waals surface area contributed by atoms with E-state index >= 15 is 0 Å². The number of nitrogens with one attached hydrogen (secondary N) is 1. The lowest BCUT2D eigenvalue weighted by molar-refractivity contribution is 0.118. The molecule has 28 heavy (non-hydrogen) atoms. The number of carbonyl (C=O) groups is 1. The number of hydrogen-bond donors (Lipinski definition) is 1. The third kappa shape index (κ3) is 3.71. The topological polar surface area (TPSA) is 75.7 Å². The summed E-state index contributed by atoms with van der Waals surface area (Å²) < 4.78 is 33.2. The highest BCUT2D eigenvalue weighted by Crippen LogP contribution is 2.27. The molecule has 0 spiro atoms. The summed E-state index contributed by atoms with van der Waals surface area (Å²) >= 11 is 0. The Morgan fingerprint density at radius 2 is 1.68 bits per heavy atom. The molecule has 4 rings (SSSR count). The van der Waals surface area contributed by atoms with E-state index in [1.54, 1.807) is 29.2 Å². The Kier molecular flexibility index (Phi) is 5.02. The standard InChI is InChI=1S/C21H24N2O4S/c1-27-21(24)23-11-10-16-6-8-19(12-18(16)14-23)22-28(25,26)20-9-7-15-4-2-3-5-17(15)13-20/h6-9,12-13,22H,2-5,10-11,14H2,1H3. The first-order valence-electron chi connectivity index (χ1n) is 9.55. The zero-order valence-electron chi connectivity index (χ0n) is 15.9. The third-order valence-electron chi connectivity index (χ3n) is 5.53. The maximum absolute atomic E-state index is 12.9. The number of fused-ring (bicyclic) bond motifs is 2. The number of hydrogen-bond acceptors (Lipinski definition) is 4. The number of anilines is 1. The lowest BCUT2D eigenvalue weighted by atomic mass is 9.92. The van der Waals surface area contributed by atoms with Crippen LogP contribution in [0.3, 0.4) is 0 Å². The molecular formula is C21H24N2O4S. The van der Waals surface area contributed by atoms with Crippen molar-refractivity contribution >= 4 is 21.8 Å². The number of ether oxygens (including phenoxy) is 1. The van der Waals surface area contributed by atoms with Crippen LogP contribution in [-0.2, 0) is 40.6 Å². The molecule has 148 valence electrons. The maximum Gasteiger partial charge on any atom is 0.409 e. The summed E-state index contributed by atoms with van der Waals surface area (Å²) in [4.78, 5) is 13.7. The molecule has 2 aromatic rings. The SMILES string of the molecule is COC(=O)N1CCc2ccc(NS(=O)(=O)c3ccc4c(c3)CCCC4)cc2C1. The van der Waals surface area contributed by atoms with Gasteiger partial charge in [-0.2, -0.15) is 0 Å². The van der Waals surface area contributed by atoms with Crippen molar-refractivity contribution in [2.75, 3.05) is 18.4 Å². The molecule has 0 aromatic heterocycles. The minimum absolute atomic E-state index is 0.294. The largest absolute Gasteiger partial charge is 0.453 e. The van der Waals surface area contributed by atoms with Crippen LogP contribution in [0.4, 0.5) is 10.5 Å². The second kappa shape index (κ2) is 7.47. The number of aryl methyl sites for hydroxylation is 2. The number of benzene rings is 2. The Bertz CT molecular complexity index is 1020. The van der Waals surface area contributed by atoms with Gasteiger partial charge >= 0.3 is 6.09 Å². The molecule has 1 aliphatic carbocycles. The van der Waals surface area contributed by atoms with Crippen LogP contribution >= 0.6 is 0 Å². The van der Waals surface area contributed by atoms with Crippen molar-refractivity contribution in [3.63, 3.8) is 0 Å². The van der Waals surface area contributed by atoms with E-state index in [9.17, 15) is 13.2 Å². The molecule has 0 saturated heterocycles. The molecule has 1 heterocycles. The molecule has 0 radical (unpaired) electrons. The number of amides is 1. The fourth-order valence-electron chi connectivity index (χ4n) is 4.00. The Balaban J connectivity index is 1.56. The first-order chi connectivity index (χ1) is 13.5. The molecule has 2 aliphatic rings. The highest BCUT2D eigenvalue weighted by Gasteiger charge is 2.23. The number of nitrogens with zero attached hydrogens (tertiary/aromatic N) is 1. The molecule has 0 atom stereocenters. The van der Waals surface area contributed by atoms with E-state index in [1.807, 2.05) is 12.1 Å². The van der Waals surface area contributed by atoms with Gasteiger partial charge in [-0.3, -0.25) is 4.72 Å². The molecule has 0 fully saturated rings. The van der Waals surface area contributed by atoms with Gasteiger partial charge in [0, 0.05) is 18.8 Å². The van der Waals surface area contributed by atoms with Gasteiger partial charge in [-0.05, 0) is 78.6 Å². The molecule has 6 nitrogen and oxygen atoms in total. The van der Waals surface area contributed by atoms with Crippen molar-refractivity contribution < 1.29 is 17.9 Å². The first-order valence-corrected chi connectivity index (χ1v) is 11.0. The van der Waals surface area contributed by atoms with Gasteiger partial charge in [-0.1, -0.05) is 12.1 Å². The second-order valence-corrected chi connectivity index (χ2v) is 9.05. The Hall–Kier alpha value is -2.54. The summed E-state index contributed by atoms with van der Waals surface area (Å²) in [5, 5.41) is 0. The summed E-state index contributed by atoms with van der Waals surface area (Å²) in [6.07, 6.45) is 4.57. The molecule has 1 aliphatic heterocycles. The van der Waals surface area contributed by atoms with Crippen LogP contribution in [0.25, 0.3) is 0 Å². The van der Waals surface area contributed by atoms with Crippen LogP contribution in [0.5, 0.6) is 0 Å². The van der Waals surface area contributed by atoms with Crippen molar-refractivity contribution in [2.24, 2.45) is 0 Å². The molecular weight excluding hydrogens is 376 g/mol. The predicted octanol–water partition coefficient (Wildman–Crippen LogP) is 3.49. The van der Waals surface area contributed by atoms with E-state index < -0.39 is 10.0 Å². The van der Waals surface area contributed by atoms with E-state index in [2.05, 4.69) is 4.72 Å². The monoisotopic (exact) mass is 400 g/mol. The lowest BCUT2D eigenvalue weighted by Gasteiger charge is -2.28. The van der Waals surface area contributed by atoms with Crippen molar-refractivity contribution in [2.45, 2.75) is 43.5 Å². The average molecular weight is 401 g/mol. The zero-order valence-corrected chi connectivity index (χ0v) is 16.7. The van der Waals surface area contributed by atoms with E-state index in [4.69, 9.17) is 4.74 Å². The van der Waals surface area contributed by atoms with Gasteiger partial charge in [-0.15, -0.1) is 0 Å². The number of carbonyl (C=O) groups excluding carboxylic acids is 1. The average Bonchev–Trinajstić information content (AvgIpc) is 2.72. The van der Waals surface area contributed by atoms with Gasteiger partial charge in [0.05, 0.1) is 12.0 Å². The molecule has 0 unspecified atom stereocenters. The molecule has 2 aromatic carbocycles. The Labute approximate surface area is 165 Å². The Morgan fingerprint density at radius 3 is 2.46 bits per heavy atom. The minimum atomic E-state index is -3.66. The summed E-state index contributed by atoms with van der Waals surface area (Å²) in [6.45, 7) is 1.01. The van der Waals surface area contributed by atoms with Gasteiger partial charge in [0.25, 0.3) is 10.0 Å². The van der Waals surface area contributed by atoms with Crippen molar-refractivity contribution in [1.82, 2.24) is 4.90 Å². The highest BCUT2D eigenvalue weighted by molar-refractivity contribution is 7.92. The van der Waals surface area contributed by atoms with Gasteiger partial charge < -0.3 is 9.64 Å². The summed E-state index contributed by atoms with van der Waals surface area (Å²) in [7, 11) is -2.30. The van der Waals surface area contributed by atoms with Gasteiger partial charge in [-0.25, -0.2) is 13.2 Å². The fraction of sp³-hybridized carbons (Fsp3) is 0.381. The number of rotatable bonds is 3. The second-order valence-electron chi connectivity index (χ2n) is 7.37. The fourth-order valence-corrected chi connectivity index (χ4v) is 5.10. The van der Waals surface area contributed by atoms with Gasteiger partial charge in [0.15, 0.2) is 0 Å². The van der Waals surface area contributed by atoms with Crippen LogP contribution in [0.15, 0.2) is 41.3 Å². The van der Waals surface area contributed by atoms with E-state index in [1.165, 1.54) is 12.7 Å². The van der Waals surface area contributed by atoms with E-state index in [0.717, 1.165) is 48.8 Å². The maximum atomic E-state index is 12.9. The van der Waals surface area contributed by atoms with Crippen LogP contribution in [-0.4, -0.2) is 33.1 Å². The quantitative estimate of drug-likeness (QED) is 0.856. The van der Waals surface area contributed by atoms with Gasteiger partial charge in [0.1, 0.15) is 0 Å². The van der Waals surface area contributed by atoms with E-state index in [-0.39, 0.29) is 6.09 Å². The smallest absolute Gasteiger partial charge is 0.409 e. The third-order valence-corrected chi connectivity index (χ3v) is 6.91. The summed E-state index contributed by atoms with van der Waals surface area (Å²) in [5.74, 6) is 0. The van der Waals surface area contributed by atoms with Crippen LogP contribution in [0, 0.1) is 0 Å². The van der Waals surface area contributed by atoms with Crippen molar-refractivity contribution in [3.8, 4) is 0 Å². The zero-order chi connectivity index (χ0) is 19.7. The molecule has 0 bridgehead atoms. The summed E-state index contributed by atoms with van der Waals surface area (Å²) in [6, 6.07) is 10.9. The first kappa shape index (κ1) is 18.8. The predicted molar refractivity (Wildman–Crippen MR) is 107 cm³/mol. The lowest BCUT2D eigenvalue weighted by Crippen LogP contribution is -2.35. The molecule has 1 N–H and O–H groups in total. The minimum Gasteiger partial charge on any atom is -0.453 e. The van der Waals surface area contributed by atoms with Crippen molar-refractivity contribution in [1.29, 1.82) is 0 Å². The van der Waals surface area contributed by atoms with Gasteiger partial charge in [0.2, 0.25) is 0 Å². The van der Waals surface area contributed by atoms with Crippen LogP contribution in [0.1, 0.15) is 35.1 Å². The van der Waals surface area contributed by atoms with Crippen molar-refractivity contribution in [3.05, 3.63) is 58.7 Å². The van der Waals surface area contributed by atoms with Crippen LogP contribution in [0.2, 0.25) is 0 Å². The molecule has 0 saturated carbocycles.